The highest BCUT2D eigenvalue weighted by Crippen LogP contribution is 2.42. The van der Waals surface area contributed by atoms with Gasteiger partial charge in [-0.2, -0.15) is 0 Å². The van der Waals surface area contributed by atoms with E-state index in [1.54, 1.807) is 51.3 Å². The quantitative estimate of drug-likeness (QED) is 0.178. The van der Waals surface area contributed by atoms with Crippen molar-refractivity contribution in [2.75, 3.05) is 27.7 Å². The van der Waals surface area contributed by atoms with E-state index in [1.165, 1.54) is 14.0 Å². The topological polar surface area (TPSA) is 172 Å². The van der Waals surface area contributed by atoms with Crippen LogP contribution in [-0.4, -0.2) is 136 Å². The summed E-state index contributed by atoms with van der Waals surface area (Å²) in [7, 11) is 5.27. The maximum atomic E-state index is 14.4. The highest BCUT2D eigenvalue weighted by molar-refractivity contribution is 6.00. The molecular weight excluding hydrogens is 734 g/mol. The van der Waals surface area contributed by atoms with Gasteiger partial charge < -0.3 is 43.2 Å². The molecule has 0 aromatic carbocycles. The van der Waals surface area contributed by atoms with Gasteiger partial charge in [0.05, 0.1) is 35.9 Å². The number of Topliss-reactive ketones (excluding diaryl/α,β-unsaturated/α-hetero) is 2. The first-order valence-electron chi connectivity index (χ1n) is 20.7. The average Bonchev–Trinajstić information content (AvgIpc) is 3.79. The summed E-state index contributed by atoms with van der Waals surface area (Å²) in [5.41, 5.74) is -0.909. The molecule has 15 heteroatoms. The number of fused-ring (bicyclic) bond motifs is 1. The van der Waals surface area contributed by atoms with Crippen molar-refractivity contribution in [3.05, 3.63) is 37.1 Å². The molecule has 3 aliphatic rings. The van der Waals surface area contributed by atoms with Crippen molar-refractivity contribution < 1.29 is 48.0 Å². The van der Waals surface area contributed by atoms with E-state index < -0.39 is 77.4 Å². The Morgan fingerprint density at radius 3 is 2.47 bits per heavy atom. The number of likely N-dealkylation sites (N-methyl/N-ethyl adjacent to an activating group) is 1. The van der Waals surface area contributed by atoms with Gasteiger partial charge in [0.25, 0.3) is 0 Å². The van der Waals surface area contributed by atoms with E-state index >= 15 is 0 Å². The summed E-state index contributed by atoms with van der Waals surface area (Å²) in [5, 5.41) is 5.19. The van der Waals surface area contributed by atoms with E-state index in [-0.39, 0.29) is 37.2 Å². The number of pyridine rings is 1. The van der Waals surface area contributed by atoms with Gasteiger partial charge in [-0.1, -0.05) is 20.8 Å². The molecule has 316 valence electrons. The lowest BCUT2D eigenvalue weighted by Crippen LogP contribution is -2.59. The number of ether oxygens (including phenoxy) is 5. The predicted octanol–water partition coefficient (Wildman–Crippen LogP) is 4.68. The summed E-state index contributed by atoms with van der Waals surface area (Å²) in [4.78, 5) is 68.7. The number of aryl methyl sites for hydroxylation is 1. The second-order valence-electron chi connectivity index (χ2n) is 16.8. The van der Waals surface area contributed by atoms with Gasteiger partial charge in [0.2, 0.25) is 1.43 Å². The number of amides is 1. The molecule has 0 radical (unpaired) electrons. The molecule has 5 rings (SSSR count). The Labute approximate surface area is 338 Å². The standard InChI is InChI=1S/C42H63N5O10/c1-11-33-42(7)36(47(40(52)57-42)20-13-12-19-46-23-30(44-24-46)29-15-14-18-43-22-29)26(3)32(48)16-17-41(6,53-10)37(27(4)34(49)28(5)38(51)55-33)56-39-35(50)31(45(8)9)21-25(2)54-39/h14-15,18,22-28,31,33,35-37,39,50H,11-13,16-17,19-21H2,1-10H3/t25-,26+,27+,28-,31+,33-,35-,36-,37-,39+,41-,42-/m1/s1/i50D. The number of carbonyl (C=O) groups is 4. The van der Waals surface area contributed by atoms with Crippen molar-refractivity contribution in [1.29, 1.82) is 1.43 Å². The third kappa shape index (κ3) is 9.43. The van der Waals surface area contributed by atoms with Crippen LogP contribution in [0.25, 0.3) is 11.3 Å². The molecule has 57 heavy (non-hydrogen) atoms. The number of rotatable bonds is 12. The largest absolute Gasteiger partial charge is 0.458 e. The number of hydrogen-bond donors (Lipinski definition) is 1. The van der Waals surface area contributed by atoms with Gasteiger partial charge in [-0.15, -0.1) is 0 Å². The number of aliphatic hydroxyl groups excluding tert-OH is 1. The zero-order chi connectivity index (χ0) is 42.5. The molecule has 15 nitrogen and oxygen atoms in total. The lowest BCUT2D eigenvalue weighted by atomic mass is 9.76. The normalized spacial score (nSPS) is 36.1. The fourth-order valence-corrected chi connectivity index (χ4v) is 8.92. The summed E-state index contributed by atoms with van der Waals surface area (Å²) < 4.78 is 41.2. The molecule has 2 aromatic heterocycles. The Kier molecular flexibility index (Phi) is 13.9. The highest BCUT2D eigenvalue weighted by atomic mass is 16.7. The monoisotopic (exact) mass is 798 g/mol. The molecule has 0 bridgehead atoms. The molecule has 1 N–H and O–H groups in total. The van der Waals surface area contributed by atoms with Crippen molar-refractivity contribution in [2.45, 2.75) is 148 Å². The second kappa shape index (κ2) is 18.4. The molecule has 0 spiro atoms. The second-order valence-corrected chi connectivity index (χ2v) is 16.8. The number of hydrogen-bond acceptors (Lipinski definition) is 13. The van der Waals surface area contributed by atoms with Crippen LogP contribution in [0.5, 0.6) is 0 Å². The minimum atomic E-state index is -1.39. The van der Waals surface area contributed by atoms with Crippen molar-refractivity contribution in [3.63, 3.8) is 0 Å². The Morgan fingerprint density at radius 1 is 1.09 bits per heavy atom. The number of esters is 1. The van der Waals surface area contributed by atoms with Crippen molar-refractivity contribution >= 4 is 23.6 Å². The predicted molar refractivity (Wildman–Crippen MR) is 210 cm³/mol. The van der Waals surface area contributed by atoms with E-state index in [9.17, 15) is 19.2 Å². The molecular formula is C42H63N5O10. The Bertz CT molecular complexity index is 1730. The fourth-order valence-electron chi connectivity index (χ4n) is 8.92. The molecule has 5 heterocycles. The number of cyclic esters (lactones) is 1. The molecule has 0 unspecified atom stereocenters. The SMILES string of the molecule is [2H]O[C@H]1[C@H](O[C@@H]2[C@@H](C)C(=O)[C@@H](C)C(=O)O[C@H](CC)[C@@]3(C)OC(=O)N(CCCCn4cnc(-c5cccnc5)c4)[C@@H]3[C@@H](C)C(=O)CC[C@@]2(C)OC)O[C@H](C)C[C@@H]1N(C)C. The number of unbranched alkanes of at least 4 members (excludes halogenated alkanes) is 1. The Balaban J connectivity index is 1.41. The molecule has 3 fully saturated rings. The van der Waals surface area contributed by atoms with Gasteiger partial charge in [-0.25, -0.2) is 9.78 Å². The summed E-state index contributed by atoms with van der Waals surface area (Å²) in [6, 6.07) is 2.81. The maximum absolute atomic E-state index is 14.4. The molecule has 12 atom stereocenters. The summed E-state index contributed by atoms with van der Waals surface area (Å²) in [5.74, 6) is -4.29. The van der Waals surface area contributed by atoms with Gasteiger partial charge in [-0.05, 0) is 86.0 Å². The molecule has 3 saturated heterocycles. The lowest BCUT2D eigenvalue weighted by molar-refractivity contribution is -0.294. The first kappa shape index (κ1) is 42.8. The summed E-state index contributed by atoms with van der Waals surface area (Å²) in [6.07, 6.45) is 4.81. The zero-order valence-corrected chi connectivity index (χ0v) is 35.2. The summed E-state index contributed by atoms with van der Waals surface area (Å²) in [6.45, 7) is 13.1. The number of nitrogens with zero attached hydrogens (tertiary/aromatic N) is 5. The minimum absolute atomic E-state index is 0.0214. The molecule has 3 aliphatic heterocycles. The van der Waals surface area contributed by atoms with Gasteiger partial charge in [-0.3, -0.25) is 19.4 Å². The minimum Gasteiger partial charge on any atom is -0.458 e. The van der Waals surface area contributed by atoms with Crippen LogP contribution in [0.1, 0.15) is 87.0 Å². The van der Waals surface area contributed by atoms with E-state index in [4.69, 9.17) is 30.2 Å². The first-order chi connectivity index (χ1) is 27.5. The molecule has 2 aromatic rings. The number of aliphatic hydroxyl groups is 1. The van der Waals surface area contributed by atoms with Gasteiger partial charge >= 0.3 is 12.1 Å². The van der Waals surface area contributed by atoms with Crippen LogP contribution in [0, 0.1) is 17.8 Å². The maximum Gasteiger partial charge on any atom is 0.410 e. The van der Waals surface area contributed by atoms with Crippen LogP contribution in [-0.2, 0) is 44.6 Å². The number of carbonyl (C=O) groups excluding carboxylic acids is 4. The lowest BCUT2D eigenvalue weighted by Gasteiger charge is -2.46. The summed E-state index contributed by atoms with van der Waals surface area (Å²) >= 11 is 0. The number of methoxy groups -OCH3 is 1. The number of ketones is 2. The first-order valence-corrected chi connectivity index (χ1v) is 20.3. The van der Waals surface area contributed by atoms with Gasteiger partial charge in [0.1, 0.15) is 23.9 Å². The number of aromatic nitrogens is 3. The Hall–Kier alpha value is -3.76. The number of imidazole rings is 1. The van der Waals surface area contributed by atoms with Crippen LogP contribution in [0.15, 0.2) is 37.1 Å². The van der Waals surface area contributed by atoms with Gasteiger partial charge in [0.15, 0.2) is 17.7 Å². The van der Waals surface area contributed by atoms with Crippen LogP contribution in [0.2, 0.25) is 0 Å². The van der Waals surface area contributed by atoms with E-state index in [0.29, 0.717) is 32.4 Å². The van der Waals surface area contributed by atoms with Crippen LogP contribution in [0.3, 0.4) is 0 Å². The zero-order valence-electron chi connectivity index (χ0n) is 36.2. The fraction of sp³-hybridized carbons (Fsp3) is 0.714. The molecule has 0 aliphatic carbocycles. The average molecular weight is 799 g/mol. The molecule has 0 saturated carbocycles. The Morgan fingerprint density at radius 2 is 1.82 bits per heavy atom. The van der Waals surface area contributed by atoms with Crippen molar-refractivity contribution in [2.24, 2.45) is 17.8 Å². The van der Waals surface area contributed by atoms with E-state index in [0.717, 1.165) is 11.3 Å². The smallest absolute Gasteiger partial charge is 0.410 e. The third-order valence-electron chi connectivity index (χ3n) is 12.5. The highest BCUT2D eigenvalue weighted by Gasteiger charge is 2.59. The van der Waals surface area contributed by atoms with Crippen molar-refractivity contribution in [3.8, 4) is 11.3 Å². The van der Waals surface area contributed by atoms with Crippen LogP contribution in [0.4, 0.5) is 4.79 Å². The van der Waals surface area contributed by atoms with Crippen molar-refractivity contribution in [1.82, 2.24) is 24.3 Å². The third-order valence-corrected chi connectivity index (χ3v) is 12.5. The molecule has 1 amide bonds. The van der Waals surface area contributed by atoms with Crippen LogP contribution < -0.4 is 0 Å². The van der Waals surface area contributed by atoms with Crippen LogP contribution >= 0.6 is 0 Å². The van der Waals surface area contributed by atoms with Gasteiger partial charge in [0, 0.05) is 68.7 Å². The van der Waals surface area contributed by atoms with E-state index in [1.807, 2.05) is 55.7 Å². The van der Waals surface area contributed by atoms with E-state index in [2.05, 4.69) is 9.97 Å².